The Kier molecular flexibility index (Phi) is 14.4. The first-order chi connectivity index (χ1) is 23.9. The van der Waals surface area contributed by atoms with Crippen molar-refractivity contribution in [1.29, 1.82) is 0 Å². The number of fused-ring (bicyclic) bond motifs is 1. The van der Waals surface area contributed by atoms with Crippen molar-refractivity contribution in [3.8, 4) is 0 Å². The minimum absolute atomic E-state index is 0.0463. The van der Waals surface area contributed by atoms with E-state index in [9.17, 15) is 9.59 Å². The number of rotatable bonds is 20. The van der Waals surface area contributed by atoms with E-state index >= 15 is 0 Å². The normalized spacial score (nSPS) is 16.6. The van der Waals surface area contributed by atoms with E-state index in [0.29, 0.717) is 25.6 Å². The maximum Gasteiger partial charge on any atom is 0.320 e. The zero-order chi connectivity index (χ0) is 34.3. The van der Waals surface area contributed by atoms with Gasteiger partial charge in [-0.05, 0) is 83.1 Å². The molecule has 1 aliphatic heterocycles. The monoisotopic (exact) mass is 676 g/mol. The summed E-state index contributed by atoms with van der Waals surface area (Å²) in [6.07, 6.45) is 17.0. The van der Waals surface area contributed by atoms with E-state index in [0.717, 1.165) is 86.7 Å². The summed E-state index contributed by atoms with van der Waals surface area (Å²) in [7, 11) is 0. The van der Waals surface area contributed by atoms with Crippen LogP contribution in [-0.4, -0.2) is 98.8 Å². The van der Waals surface area contributed by atoms with Gasteiger partial charge in [-0.1, -0.05) is 31.4 Å². The first-order valence-corrected chi connectivity index (χ1v) is 18.4. The lowest BCUT2D eigenvalue weighted by Gasteiger charge is -2.33. The van der Waals surface area contributed by atoms with Crippen molar-refractivity contribution in [2.45, 2.75) is 108 Å². The molecule has 7 N–H and O–H groups in total. The first-order valence-electron chi connectivity index (χ1n) is 18.4. The highest BCUT2D eigenvalue weighted by Crippen LogP contribution is 2.25. The number of hydrogen-bond acceptors (Lipinski definition) is 10. The van der Waals surface area contributed by atoms with Crippen LogP contribution in [-0.2, 0) is 22.6 Å². The molecule has 2 fully saturated rings. The van der Waals surface area contributed by atoms with Crippen molar-refractivity contribution in [1.82, 2.24) is 35.1 Å². The van der Waals surface area contributed by atoms with E-state index in [-0.39, 0.29) is 24.8 Å². The van der Waals surface area contributed by atoms with Gasteiger partial charge < -0.3 is 41.6 Å². The van der Waals surface area contributed by atoms with Gasteiger partial charge in [0.2, 0.25) is 11.9 Å². The molecule has 0 radical (unpaired) electrons. The molecule has 1 aliphatic carbocycles. The molecule has 1 saturated heterocycles. The number of nitrogens with zero attached hydrogens (tertiary/aromatic N) is 5. The number of carboxylic acids is 1. The number of piperidine rings is 1. The third kappa shape index (κ3) is 11.9. The van der Waals surface area contributed by atoms with Gasteiger partial charge >= 0.3 is 5.97 Å². The van der Waals surface area contributed by atoms with Crippen molar-refractivity contribution >= 4 is 34.5 Å². The van der Waals surface area contributed by atoms with Gasteiger partial charge in [0.1, 0.15) is 11.9 Å². The van der Waals surface area contributed by atoms with Crippen LogP contribution in [0.1, 0.15) is 82.7 Å². The maximum absolute atomic E-state index is 12.6. The van der Waals surface area contributed by atoms with Crippen molar-refractivity contribution in [2.75, 3.05) is 49.9 Å². The SMILES string of the molecule is N[C@@H](CCC(=O)N1CCC(Nc2nc(NCCc3cn(CCCCNCCCNC4CCCCC4)cn3)nc3ccccc23)CC1)C(=O)O. The Labute approximate surface area is 290 Å². The van der Waals surface area contributed by atoms with Gasteiger partial charge in [0.05, 0.1) is 17.5 Å². The molecule has 1 atom stereocenters. The molecule has 2 aliphatic rings. The minimum atomic E-state index is -1.08. The highest BCUT2D eigenvalue weighted by molar-refractivity contribution is 5.90. The van der Waals surface area contributed by atoms with Crippen LogP contribution in [0.15, 0.2) is 36.8 Å². The van der Waals surface area contributed by atoms with Crippen LogP contribution in [0.2, 0.25) is 0 Å². The number of carbonyl (C=O) groups excluding carboxylic acids is 1. The molecular formula is C36H56N10O3. The lowest BCUT2D eigenvalue weighted by molar-refractivity contribution is -0.139. The summed E-state index contributed by atoms with van der Waals surface area (Å²) in [5.41, 5.74) is 7.47. The van der Waals surface area contributed by atoms with Gasteiger partial charge in [-0.25, -0.2) is 9.97 Å². The average Bonchev–Trinajstić information content (AvgIpc) is 3.57. The van der Waals surface area contributed by atoms with Crippen LogP contribution in [0.25, 0.3) is 10.9 Å². The molecule has 0 spiro atoms. The van der Waals surface area contributed by atoms with Crippen LogP contribution in [0.3, 0.4) is 0 Å². The van der Waals surface area contributed by atoms with Crippen LogP contribution >= 0.6 is 0 Å². The zero-order valence-corrected chi connectivity index (χ0v) is 28.9. The van der Waals surface area contributed by atoms with E-state index in [1.54, 1.807) is 4.90 Å². The number of anilines is 2. The molecule has 268 valence electrons. The summed E-state index contributed by atoms with van der Waals surface area (Å²) < 4.78 is 2.18. The molecule has 1 saturated carbocycles. The van der Waals surface area contributed by atoms with Crippen LogP contribution in [0.5, 0.6) is 0 Å². The summed E-state index contributed by atoms with van der Waals surface area (Å²) in [5.74, 6) is 0.223. The molecule has 1 amide bonds. The summed E-state index contributed by atoms with van der Waals surface area (Å²) in [6, 6.07) is 7.86. The second kappa shape index (κ2) is 19.4. The van der Waals surface area contributed by atoms with E-state index in [1.165, 1.54) is 38.5 Å². The van der Waals surface area contributed by atoms with Crippen LogP contribution in [0, 0.1) is 0 Å². The third-order valence-corrected chi connectivity index (χ3v) is 9.72. The Balaban J connectivity index is 0.994. The molecule has 1 aromatic carbocycles. The number of aryl methyl sites for hydroxylation is 1. The molecular weight excluding hydrogens is 620 g/mol. The first kappa shape index (κ1) is 36.5. The molecule has 0 unspecified atom stereocenters. The quantitative estimate of drug-likeness (QED) is 0.0962. The highest BCUT2D eigenvalue weighted by Gasteiger charge is 2.25. The molecule has 3 aromatic rings. The number of benzene rings is 1. The van der Waals surface area contributed by atoms with Crippen molar-refractivity contribution < 1.29 is 14.7 Å². The Morgan fingerprint density at radius 1 is 0.939 bits per heavy atom. The molecule has 3 heterocycles. The zero-order valence-electron chi connectivity index (χ0n) is 28.9. The Bertz CT molecular complexity index is 1450. The fourth-order valence-corrected chi connectivity index (χ4v) is 6.75. The topological polar surface area (TPSA) is 175 Å². The molecule has 13 nitrogen and oxygen atoms in total. The summed E-state index contributed by atoms with van der Waals surface area (Å²) in [4.78, 5) is 39.5. The number of carbonyl (C=O) groups is 2. The molecule has 13 heteroatoms. The van der Waals surface area contributed by atoms with E-state index in [4.69, 9.17) is 20.8 Å². The van der Waals surface area contributed by atoms with Crippen molar-refractivity contribution in [2.24, 2.45) is 5.73 Å². The predicted molar refractivity (Wildman–Crippen MR) is 194 cm³/mol. The number of aliphatic carboxylic acids is 1. The number of para-hydroxylation sites is 1. The van der Waals surface area contributed by atoms with Gasteiger partial charge in [-0.2, -0.15) is 4.98 Å². The largest absolute Gasteiger partial charge is 0.480 e. The van der Waals surface area contributed by atoms with Gasteiger partial charge in [0.25, 0.3) is 0 Å². The second-order valence-electron chi connectivity index (χ2n) is 13.6. The van der Waals surface area contributed by atoms with Gasteiger partial charge in [0, 0.05) is 62.7 Å². The number of nitrogens with one attached hydrogen (secondary N) is 4. The summed E-state index contributed by atoms with van der Waals surface area (Å²) >= 11 is 0. The number of unbranched alkanes of at least 4 members (excludes halogenated alkanes) is 1. The number of amides is 1. The fraction of sp³-hybridized carbons (Fsp3) is 0.639. The summed E-state index contributed by atoms with van der Waals surface area (Å²) in [5, 5.41) is 24.2. The Morgan fingerprint density at radius 3 is 2.55 bits per heavy atom. The number of imidazole rings is 1. The van der Waals surface area contributed by atoms with E-state index in [1.807, 2.05) is 30.6 Å². The van der Waals surface area contributed by atoms with Crippen molar-refractivity contribution in [3.05, 3.63) is 42.5 Å². The van der Waals surface area contributed by atoms with E-state index in [2.05, 4.69) is 37.0 Å². The Morgan fingerprint density at radius 2 is 1.73 bits per heavy atom. The number of nitrogens with two attached hydrogens (primary N) is 1. The highest BCUT2D eigenvalue weighted by atomic mass is 16.4. The number of carboxylic acid groups (broad SMARTS) is 1. The van der Waals surface area contributed by atoms with Crippen molar-refractivity contribution in [3.63, 3.8) is 0 Å². The third-order valence-electron chi connectivity index (χ3n) is 9.72. The maximum atomic E-state index is 12.6. The number of aromatic nitrogens is 4. The lowest BCUT2D eigenvalue weighted by atomic mass is 9.95. The van der Waals surface area contributed by atoms with Gasteiger partial charge in [-0.3, -0.25) is 9.59 Å². The molecule has 2 aromatic heterocycles. The van der Waals surface area contributed by atoms with E-state index < -0.39 is 12.0 Å². The number of likely N-dealkylation sites (tertiary alicyclic amines) is 1. The molecule has 49 heavy (non-hydrogen) atoms. The van der Waals surface area contributed by atoms with Gasteiger partial charge in [0.15, 0.2) is 0 Å². The smallest absolute Gasteiger partial charge is 0.320 e. The predicted octanol–water partition coefficient (Wildman–Crippen LogP) is 3.76. The summed E-state index contributed by atoms with van der Waals surface area (Å²) in [6.45, 7) is 6.11. The minimum Gasteiger partial charge on any atom is -0.480 e. The second-order valence-corrected chi connectivity index (χ2v) is 13.6. The standard InChI is InChI=1S/C36H56N10O3/c37-31(35(48)49)13-14-33(47)46-23-16-28(17-24-46)42-34-30-11-4-5-12-32(30)43-36(44-34)40-21-15-29-25-45(26-41-29)22-7-6-18-38-19-8-20-39-27-9-2-1-3-10-27/h4-5,11-12,25-28,31,38-39H,1-3,6-10,13-24,37H2,(H,48,49)(H2,40,42,43,44)/t31-/m0/s1. The van der Waals surface area contributed by atoms with Crippen LogP contribution < -0.4 is 27.0 Å². The average molecular weight is 677 g/mol. The lowest BCUT2D eigenvalue weighted by Crippen LogP contribution is -2.43. The number of hydrogen-bond donors (Lipinski definition) is 6. The molecule has 5 rings (SSSR count). The van der Waals surface area contributed by atoms with Gasteiger partial charge in [-0.15, -0.1) is 0 Å². The van der Waals surface area contributed by atoms with Crippen LogP contribution in [0.4, 0.5) is 11.8 Å². The Hall–Kier alpha value is -3.81. The molecule has 0 bridgehead atoms. The fourth-order valence-electron chi connectivity index (χ4n) is 6.75.